The van der Waals surface area contributed by atoms with Crippen molar-refractivity contribution in [2.45, 2.75) is 77.7 Å². The van der Waals surface area contributed by atoms with Gasteiger partial charge in [-0.2, -0.15) is 0 Å². The van der Waals surface area contributed by atoms with Crippen LogP contribution in [0, 0.1) is 5.41 Å². The maximum Gasteiger partial charge on any atom is 0.00928 e. The molecule has 0 amide bonds. The highest BCUT2D eigenvalue weighted by Gasteiger charge is 2.35. The fraction of sp³-hybridized carbons (Fsp3) is 1.00. The van der Waals surface area contributed by atoms with Gasteiger partial charge in [-0.05, 0) is 50.6 Å². The molecule has 1 atom stereocenters. The first kappa shape index (κ1) is 15.3. The molecule has 1 unspecified atom stereocenters. The summed E-state index contributed by atoms with van der Waals surface area (Å²) >= 11 is 0. The van der Waals surface area contributed by atoms with Crippen LogP contribution in [0.4, 0.5) is 0 Å². The molecular formula is C17H34N2. The van der Waals surface area contributed by atoms with Gasteiger partial charge in [-0.1, -0.05) is 39.5 Å². The first-order valence-corrected chi connectivity index (χ1v) is 8.74. The smallest absolute Gasteiger partial charge is 0.00928 e. The number of nitrogens with one attached hydrogen (secondary N) is 1. The van der Waals surface area contributed by atoms with E-state index in [0.29, 0.717) is 5.41 Å². The van der Waals surface area contributed by atoms with Gasteiger partial charge in [0.2, 0.25) is 0 Å². The first-order valence-electron chi connectivity index (χ1n) is 8.74. The Bertz CT molecular complexity index is 246. The molecule has 1 aliphatic heterocycles. The summed E-state index contributed by atoms with van der Waals surface area (Å²) in [7, 11) is 0. The Kier molecular flexibility index (Phi) is 6.15. The van der Waals surface area contributed by atoms with Crippen LogP contribution in [0.1, 0.15) is 71.6 Å². The summed E-state index contributed by atoms with van der Waals surface area (Å²) in [4.78, 5) is 2.84. The maximum absolute atomic E-state index is 3.65. The fourth-order valence-corrected chi connectivity index (χ4v) is 4.24. The maximum atomic E-state index is 3.65. The van der Waals surface area contributed by atoms with Crippen LogP contribution in [0.3, 0.4) is 0 Å². The molecule has 2 fully saturated rings. The van der Waals surface area contributed by atoms with Gasteiger partial charge in [-0.25, -0.2) is 0 Å². The van der Waals surface area contributed by atoms with Crippen LogP contribution < -0.4 is 5.32 Å². The Hall–Kier alpha value is -0.0800. The molecule has 0 bridgehead atoms. The van der Waals surface area contributed by atoms with Gasteiger partial charge in [-0.15, -0.1) is 0 Å². The molecule has 1 aliphatic carbocycles. The quantitative estimate of drug-likeness (QED) is 0.786. The minimum atomic E-state index is 0.582. The Balaban J connectivity index is 1.97. The van der Waals surface area contributed by atoms with Crippen LogP contribution in [0.15, 0.2) is 0 Å². The van der Waals surface area contributed by atoms with Crippen molar-refractivity contribution in [3.63, 3.8) is 0 Å². The lowest BCUT2D eigenvalue weighted by Gasteiger charge is -2.45. The molecule has 2 rings (SSSR count). The van der Waals surface area contributed by atoms with Crippen molar-refractivity contribution in [2.24, 2.45) is 5.41 Å². The molecule has 2 aliphatic rings. The third kappa shape index (κ3) is 4.19. The zero-order valence-corrected chi connectivity index (χ0v) is 13.2. The van der Waals surface area contributed by atoms with Crippen molar-refractivity contribution in [3.05, 3.63) is 0 Å². The van der Waals surface area contributed by atoms with E-state index in [1.54, 1.807) is 0 Å². The van der Waals surface area contributed by atoms with Crippen molar-refractivity contribution in [1.29, 1.82) is 0 Å². The highest BCUT2D eigenvalue weighted by molar-refractivity contribution is 4.90. The molecule has 2 heteroatoms. The summed E-state index contributed by atoms with van der Waals surface area (Å²) in [6.45, 7) is 9.70. The average Bonchev–Trinajstić information content (AvgIpc) is 2.47. The lowest BCUT2D eigenvalue weighted by molar-refractivity contribution is 0.0537. The number of hydrogen-bond donors (Lipinski definition) is 1. The van der Waals surface area contributed by atoms with Gasteiger partial charge in [0.15, 0.2) is 0 Å². The molecule has 0 radical (unpaired) electrons. The van der Waals surface area contributed by atoms with E-state index in [-0.39, 0.29) is 0 Å². The molecule has 1 saturated carbocycles. The molecule has 0 aromatic heterocycles. The zero-order valence-electron chi connectivity index (χ0n) is 13.2. The van der Waals surface area contributed by atoms with Gasteiger partial charge in [0, 0.05) is 19.1 Å². The van der Waals surface area contributed by atoms with Crippen molar-refractivity contribution >= 4 is 0 Å². The molecule has 112 valence electrons. The van der Waals surface area contributed by atoms with Gasteiger partial charge in [-0.3, -0.25) is 4.90 Å². The third-order valence-corrected chi connectivity index (χ3v) is 5.42. The predicted octanol–water partition coefficient (Wildman–Crippen LogP) is 3.81. The zero-order chi connectivity index (χ0) is 13.6. The van der Waals surface area contributed by atoms with Crippen molar-refractivity contribution < 1.29 is 0 Å². The summed E-state index contributed by atoms with van der Waals surface area (Å²) in [5.41, 5.74) is 0.582. The number of rotatable bonds is 6. The number of likely N-dealkylation sites (tertiary alicyclic amines) is 1. The van der Waals surface area contributed by atoms with Gasteiger partial charge < -0.3 is 5.32 Å². The molecule has 1 heterocycles. The van der Waals surface area contributed by atoms with E-state index in [0.717, 1.165) is 12.6 Å². The van der Waals surface area contributed by atoms with E-state index in [2.05, 4.69) is 24.1 Å². The second kappa shape index (κ2) is 7.64. The number of nitrogens with zero attached hydrogens (tertiary/aromatic N) is 1. The lowest BCUT2D eigenvalue weighted by Crippen LogP contribution is -2.50. The largest absolute Gasteiger partial charge is 0.316 e. The van der Waals surface area contributed by atoms with Gasteiger partial charge in [0.25, 0.3) is 0 Å². The number of piperidine rings is 1. The summed E-state index contributed by atoms with van der Waals surface area (Å²) in [5, 5.41) is 3.65. The van der Waals surface area contributed by atoms with Crippen LogP contribution in [0.5, 0.6) is 0 Å². The lowest BCUT2D eigenvalue weighted by atomic mass is 9.73. The van der Waals surface area contributed by atoms with Crippen LogP contribution in [-0.2, 0) is 0 Å². The van der Waals surface area contributed by atoms with E-state index in [9.17, 15) is 0 Å². The van der Waals surface area contributed by atoms with Crippen molar-refractivity contribution in [2.75, 3.05) is 26.2 Å². The second-order valence-electron chi connectivity index (χ2n) is 6.87. The molecule has 1 saturated heterocycles. The molecule has 0 aromatic carbocycles. The standard InChI is InChI=1S/C17H34N2/c1-3-16-10-6-9-13-19(16)15-17(14-18-4-2)11-7-5-8-12-17/h16,18H,3-15H2,1-2H3. The molecule has 0 aromatic rings. The second-order valence-corrected chi connectivity index (χ2v) is 6.87. The van der Waals surface area contributed by atoms with E-state index in [1.165, 1.54) is 77.4 Å². The summed E-state index contributed by atoms with van der Waals surface area (Å²) in [6.07, 6.45) is 12.9. The molecule has 0 spiro atoms. The van der Waals surface area contributed by atoms with Gasteiger partial charge in [0.05, 0.1) is 0 Å². The SMILES string of the molecule is CCNCC1(CN2CCCCC2CC)CCCCC1. The highest BCUT2D eigenvalue weighted by Crippen LogP contribution is 2.38. The van der Waals surface area contributed by atoms with Crippen LogP contribution in [0.25, 0.3) is 0 Å². The van der Waals surface area contributed by atoms with E-state index < -0.39 is 0 Å². The Morgan fingerprint density at radius 3 is 2.53 bits per heavy atom. The molecule has 19 heavy (non-hydrogen) atoms. The third-order valence-electron chi connectivity index (χ3n) is 5.42. The Morgan fingerprint density at radius 2 is 1.84 bits per heavy atom. The van der Waals surface area contributed by atoms with E-state index in [1.807, 2.05) is 0 Å². The van der Waals surface area contributed by atoms with Gasteiger partial charge >= 0.3 is 0 Å². The Labute approximate surface area is 120 Å². The van der Waals surface area contributed by atoms with Crippen molar-refractivity contribution in [3.8, 4) is 0 Å². The fourth-order valence-electron chi connectivity index (χ4n) is 4.24. The summed E-state index contributed by atoms with van der Waals surface area (Å²) in [5.74, 6) is 0. The minimum Gasteiger partial charge on any atom is -0.316 e. The van der Waals surface area contributed by atoms with E-state index in [4.69, 9.17) is 0 Å². The summed E-state index contributed by atoms with van der Waals surface area (Å²) < 4.78 is 0. The first-order chi connectivity index (χ1) is 9.29. The van der Waals surface area contributed by atoms with Crippen molar-refractivity contribution in [1.82, 2.24) is 10.2 Å². The van der Waals surface area contributed by atoms with E-state index >= 15 is 0 Å². The average molecular weight is 266 g/mol. The minimum absolute atomic E-state index is 0.582. The predicted molar refractivity (Wildman–Crippen MR) is 83.6 cm³/mol. The topological polar surface area (TPSA) is 15.3 Å². The van der Waals surface area contributed by atoms with Crippen LogP contribution in [-0.4, -0.2) is 37.1 Å². The monoisotopic (exact) mass is 266 g/mol. The Morgan fingerprint density at radius 1 is 1.05 bits per heavy atom. The van der Waals surface area contributed by atoms with Gasteiger partial charge in [0.1, 0.15) is 0 Å². The number of hydrogen-bond acceptors (Lipinski definition) is 2. The summed E-state index contributed by atoms with van der Waals surface area (Å²) in [6, 6.07) is 0.870. The van der Waals surface area contributed by atoms with Crippen LogP contribution >= 0.6 is 0 Å². The molecule has 2 nitrogen and oxygen atoms in total. The molecular weight excluding hydrogens is 232 g/mol. The highest BCUT2D eigenvalue weighted by atomic mass is 15.2. The van der Waals surface area contributed by atoms with Crippen LogP contribution in [0.2, 0.25) is 0 Å². The normalized spacial score (nSPS) is 28.4. The molecule has 1 N–H and O–H groups in total.